The van der Waals surface area contributed by atoms with Crippen LogP contribution in [0.5, 0.6) is 5.75 Å². The van der Waals surface area contributed by atoms with Crippen molar-refractivity contribution in [1.29, 1.82) is 0 Å². The quantitative estimate of drug-likeness (QED) is 0.744. The molecule has 0 aliphatic carbocycles. The number of nitrogens with one attached hydrogen (secondary N) is 1. The summed E-state index contributed by atoms with van der Waals surface area (Å²) in [7, 11) is 1.70. The van der Waals surface area contributed by atoms with E-state index in [1.165, 1.54) is 11.1 Å². The summed E-state index contributed by atoms with van der Waals surface area (Å²) in [5.41, 5.74) is 2.45. The van der Waals surface area contributed by atoms with Crippen LogP contribution in [0.15, 0.2) is 12.1 Å². The normalized spacial score (nSPS) is 15.2. The highest BCUT2D eigenvalue weighted by Gasteiger charge is 2.15. The topological polar surface area (TPSA) is 21.3 Å². The molecule has 1 aromatic rings. The van der Waals surface area contributed by atoms with E-state index in [0.29, 0.717) is 0 Å². The number of rotatable bonds is 1. The van der Waals surface area contributed by atoms with Gasteiger partial charge in [-0.3, -0.25) is 0 Å². The molecule has 2 nitrogen and oxygen atoms in total. The maximum atomic E-state index is 6.08. The summed E-state index contributed by atoms with van der Waals surface area (Å²) in [5, 5.41) is 4.13. The number of methoxy groups -OCH3 is 1. The zero-order valence-electron chi connectivity index (χ0n) is 7.56. The maximum absolute atomic E-state index is 6.08. The van der Waals surface area contributed by atoms with Crippen molar-refractivity contribution in [2.45, 2.75) is 13.0 Å². The van der Waals surface area contributed by atoms with Gasteiger partial charge >= 0.3 is 0 Å². The van der Waals surface area contributed by atoms with Crippen LogP contribution >= 0.6 is 11.6 Å². The third kappa shape index (κ3) is 1.52. The molecule has 70 valence electrons. The standard InChI is InChI=1S/C10H12ClNO/c1-13-10-3-2-9(11)8-6-12-5-4-7(8)10/h2-3,12H,4-6H2,1H3. The zero-order chi connectivity index (χ0) is 9.26. The van der Waals surface area contributed by atoms with Gasteiger partial charge in [0, 0.05) is 17.1 Å². The minimum atomic E-state index is 0.836. The number of halogens is 1. The summed E-state index contributed by atoms with van der Waals surface area (Å²) < 4.78 is 5.28. The second-order valence-electron chi connectivity index (χ2n) is 3.13. The van der Waals surface area contributed by atoms with Gasteiger partial charge in [-0.2, -0.15) is 0 Å². The summed E-state index contributed by atoms with van der Waals surface area (Å²) >= 11 is 6.08. The van der Waals surface area contributed by atoms with E-state index in [2.05, 4.69) is 5.32 Å². The molecule has 0 radical (unpaired) electrons. The van der Waals surface area contributed by atoms with Gasteiger partial charge in [-0.25, -0.2) is 0 Å². The average Bonchev–Trinajstić information content (AvgIpc) is 2.19. The first-order chi connectivity index (χ1) is 6.33. The Bertz CT molecular complexity index is 325. The van der Waals surface area contributed by atoms with Crippen LogP contribution in [0, 0.1) is 0 Å². The van der Waals surface area contributed by atoms with Gasteiger partial charge in [0.25, 0.3) is 0 Å². The van der Waals surface area contributed by atoms with Crippen LogP contribution in [0.1, 0.15) is 11.1 Å². The maximum Gasteiger partial charge on any atom is 0.122 e. The number of ether oxygens (including phenoxy) is 1. The van der Waals surface area contributed by atoms with Crippen LogP contribution in [0.4, 0.5) is 0 Å². The van der Waals surface area contributed by atoms with E-state index >= 15 is 0 Å². The van der Waals surface area contributed by atoms with Crippen LogP contribution in [-0.2, 0) is 13.0 Å². The Hall–Kier alpha value is -0.730. The number of hydrogen-bond donors (Lipinski definition) is 1. The Morgan fingerprint density at radius 1 is 1.38 bits per heavy atom. The van der Waals surface area contributed by atoms with Gasteiger partial charge in [-0.1, -0.05) is 11.6 Å². The van der Waals surface area contributed by atoms with Crippen molar-refractivity contribution < 1.29 is 4.74 Å². The Labute approximate surface area is 82.9 Å². The van der Waals surface area contributed by atoms with Gasteiger partial charge in [0.1, 0.15) is 5.75 Å². The second-order valence-corrected chi connectivity index (χ2v) is 3.54. The van der Waals surface area contributed by atoms with Gasteiger partial charge in [-0.15, -0.1) is 0 Å². The van der Waals surface area contributed by atoms with E-state index in [4.69, 9.17) is 16.3 Å². The summed E-state index contributed by atoms with van der Waals surface area (Å²) in [6.45, 7) is 1.86. The molecule has 0 spiro atoms. The van der Waals surface area contributed by atoms with Gasteiger partial charge in [0.2, 0.25) is 0 Å². The molecule has 2 rings (SSSR count). The molecular weight excluding hydrogens is 186 g/mol. The molecular formula is C10H12ClNO. The van der Waals surface area contributed by atoms with E-state index in [1.54, 1.807) is 7.11 Å². The smallest absolute Gasteiger partial charge is 0.122 e. The molecule has 0 atom stereocenters. The SMILES string of the molecule is COc1ccc(Cl)c2c1CCNC2. The zero-order valence-corrected chi connectivity index (χ0v) is 8.32. The Kier molecular flexibility index (Phi) is 2.42. The summed E-state index contributed by atoms with van der Waals surface area (Å²) in [4.78, 5) is 0. The lowest BCUT2D eigenvalue weighted by Crippen LogP contribution is -2.24. The Balaban J connectivity index is 2.52. The minimum Gasteiger partial charge on any atom is -0.496 e. The molecule has 0 unspecified atom stereocenters. The largest absolute Gasteiger partial charge is 0.496 e. The monoisotopic (exact) mass is 197 g/mol. The fraction of sp³-hybridized carbons (Fsp3) is 0.400. The van der Waals surface area contributed by atoms with E-state index in [0.717, 1.165) is 30.3 Å². The van der Waals surface area contributed by atoms with Crippen molar-refractivity contribution in [3.05, 3.63) is 28.3 Å². The molecule has 3 heteroatoms. The summed E-state index contributed by atoms with van der Waals surface area (Å²) in [6.07, 6.45) is 0.999. The van der Waals surface area contributed by atoms with E-state index in [-0.39, 0.29) is 0 Å². The molecule has 0 bridgehead atoms. The molecule has 0 amide bonds. The fourth-order valence-corrected chi connectivity index (χ4v) is 1.97. The predicted molar refractivity (Wildman–Crippen MR) is 53.4 cm³/mol. The van der Waals surface area contributed by atoms with E-state index in [9.17, 15) is 0 Å². The minimum absolute atomic E-state index is 0.836. The van der Waals surface area contributed by atoms with Crippen LogP contribution < -0.4 is 10.1 Å². The average molecular weight is 198 g/mol. The van der Waals surface area contributed by atoms with Crippen LogP contribution in [-0.4, -0.2) is 13.7 Å². The second kappa shape index (κ2) is 3.56. The number of benzene rings is 1. The number of fused-ring (bicyclic) bond motifs is 1. The van der Waals surface area contributed by atoms with Gasteiger partial charge in [-0.05, 0) is 30.7 Å². The Morgan fingerprint density at radius 3 is 3.00 bits per heavy atom. The fourth-order valence-electron chi connectivity index (χ4n) is 1.73. The van der Waals surface area contributed by atoms with E-state index < -0.39 is 0 Å². The molecule has 1 heterocycles. The van der Waals surface area contributed by atoms with Gasteiger partial charge in [0.05, 0.1) is 7.11 Å². The first kappa shape index (κ1) is 8.85. The lowest BCUT2D eigenvalue weighted by atomic mass is 10.00. The van der Waals surface area contributed by atoms with Crippen molar-refractivity contribution >= 4 is 11.6 Å². The highest BCUT2D eigenvalue weighted by Crippen LogP contribution is 2.30. The van der Waals surface area contributed by atoms with E-state index in [1.807, 2.05) is 12.1 Å². The molecule has 0 fully saturated rings. The molecule has 1 aromatic carbocycles. The molecule has 0 saturated heterocycles. The molecule has 0 aromatic heterocycles. The predicted octanol–water partition coefficient (Wildman–Crippen LogP) is 1.99. The van der Waals surface area contributed by atoms with Crippen LogP contribution in [0.3, 0.4) is 0 Å². The first-order valence-electron chi connectivity index (χ1n) is 4.38. The van der Waals surface area contributed by atoms with Crippen molar-refractivity contribution in [1.82, 2.24) is 5.32 Å². The van der Waals surface area contributed by atoms with Crippen molar-refractivity contribution in [3.8, 4) is 5.75 Å². The third-order valence-electron chi connectivity index (χ3n) is 2.40. The van der Waals surface area contributed by atoms with Crippen molar-refractivity contribution in [2.75, 3.05) is 13.7 Å². The lowest BCUT2D eigenvalue weighted by molar-refractivity contribution is 0.406. The third-order valence-corrected chi connectivity index (χ3v) is 2.76. The van der Waals surface area contributed by atoms with Crippen LogP contribution in [0.25, 0.3) is 0 Å². The molecule has 1 N–H and O–H groups in total. The molecule has 1 aliphatic rings. The highest BCUT2D eigenvalue weighted by atomic mass is 35.5. The van der Waals surface area contributed by atoms with Gasteiger partial charge < -0.3 is 10.1 Å². The lowest BCUT2D eigenvalue weighted by Gasteiger charge is -2.20. The Morgan fingerprint density at radius 2 is 2.23 bits per heavy atom. The van der Waals surface area contributed by atoms with Crippen molar-refractivity contribution in [3.63, 3.8) is 0 Å². The van der Waals surface area contributed by atoms with Gasteiger partial charge in [0.15, 0.2) is 0 Å². The highest BCUT2D eigenvalue weighted by molar-refractivity contribution is 6.31. The molecule has 1 aliphatic heterocycles. The summed E-state index contributed by atoms with van der Waals surface area (Å²) in [6, 6.07) is 3.83. The number of hydrogen-bond acceptors (Lipinski definition) is 2. The first-order valence-corrected chi connectivity index (χ1v) is 4.75. The molecule has 0 saturated carbocycles. The molecule has 13 heavy (non-hydrogen) atoms. The summed E-state index contributed by atoms with van der Waals surface area (Å²) in [5.74, 6) is 0.959. The van der Waals surface area contributed by atoms with Crippen LogP contribution in [0.2, 0.25) is 5.02 Å². The van der Waals surface area contributed by atoms with Crippen molar-refractivity contribution in [2.24, 2.45) is 0 Å².